The van der Waals surface area contributed by atoms with Crippen LogP contribution >= 0.6 is 11.3 Å². The number of ether oxygens (including phenoxy) is 2. The van der Waals surface area contributed by atoms with E-state index < -0.39 is 70.1 Å². The number of nitro groups is 1. The van der Waals surface area contributed by atoms with Gasteiger partial charge in [-0.3, -0.25) is 19.7 Å². The van der Waals surface area contributed by atoms with Crippen molar-refractivity contribution in [2.24, 2.45) is 10.9 Å². The standard InChI is InChI=1S/C19H19N7O12S2.Na/c20-18-22-11(8-39-18)14(24-38-7-13(27)36-5-9-1-3-10(4-2-9)26(31)32)16(28)23-15-12(6-37-19(21)30)25(17(15)29)40(33,34)35;/h1-4,8,12,15H,5-7H2,(H2,20,22)(H2,21,30)(H,23,28)(H,33,34,35);/q;+1/p-1/b24-14-;/t12-,15+;/m1./s1. The van der Waals surface area contributed by atoms with Gasteiger partial charge in [-0.25, -0.2) is 27.3 Å². The van der Waals surface area contributed by atoms with E-state index in [0.717, 1.165) is 11.3 Å². The van der Waals surface area contributed by atoms with Crippen molar-refractivity contribution in [3.63, 3.8) is 0 Å². The minimum absolute atomic E-state index is 0. The molecule has 5 N–H and O–H groups in total. The first-order valence-electron chi connectivity index (χ1n) is 10.6. The van der Waals surface area contributed by atoms with Crippen LogP contribution in [0.2, 0.25) is 0 Å². The van der Waals surface area contributed by atoms with Crippen LogP contribution in [0.5, 0.6) is 0 Å². The van der Waals surface area contributed by atoms with Gasteiger partial charge in [0.1, 0.15) is 31.0 Å². The molecule has 2 heterocycles. The van der Waals surface area contributed by atoms with E-state index in [1.54, 1.807) is 0 Å². The minimum Gasteiger partial charge on any atom is -0.731 e. The largest absolute Gasteiger partial charge is 1.00 e. The summed E-state index contributed by atoms with van der Waals surface area (Å²) in [5.41, 5.74) is 9.95. The number of carbonyl (C=O) groups excluding carboxylic acids is 4. The molecule has 214 valence electrons. The molecule has 1 aromatic heterocycles. The van der Waals surface area contributed by atoms with Gasteiger partial charge in [0.05, 0.1) is 4.92 Å². The van der Waals surface area contributed by atoms with Crippen LogP contribution in [-0.4, -0.2) is 82.1 Å². The number of benzene rings is 1. The van der Waals surface area contributed by atoms with Crippen molar-refractivity contribution in [3.05, 3.63) is 51.0 Å². The van der Waals surface area contributed by atoms with Crippen LogP contribution in [-0.2, 0) is 45.6 Å². The third kappa shape index (κ3) is 8.80. The molecule has 0 saturated carbocycles. The van der Waals surface area contributed by atoms with Crippen LogP contribution < -0.4 is 46.3 Å². The van der Waals surface area contributed by atoms with Gasteiger partial charge < -0.3 is 35.6 Å². The molecule has 0 aliphatic carbocycles. The number of esters is 1. The minimum atomic E-state index is -5.32. The van der Waals surface area contributed by atoms with Crippen molar-refractivity contribution in [2.45, 2.75) is 18.7 Å². The Morgan fingerprint density at radius 3 is 2.41 bits per heavy atom. The van der Waals surface area contributed by atoms with Crippen LogP contribution in [0.15, 0.2) is 34.8 Å². The maximum absolute atomic E-state index is 12.9. The number of hydrogen-bond donors (Lipinski definition) is 3. The molecule has 0 bridgehead atoms. The molecule has 3 rings (SSSR count). The van der Waals surface area contributed by atoms with Gasteiger partial charge in [0.2, 0.25) is 6.61 Å². The number of nitro benzene ring substituents is 1. The predicted octanol–water partition coefficient (Wildman–Crippen LogP) is -4.65. The first-order valence-corrected chi connectivity index (χ1v) is 12.8. The zero-order valence-electron chi connectivity index (χ0n) is 20.8. The maximum atomic E-state index is 12.9. The first kappa shape index (κ1) is 33.3. The van der Waals surface area contributed by atoms with Crippen LogP contribution in [0.1, 0.15) is 11.3 Å². The number of aromatic nitrogens is 1. The third-order valence-corrected chi connectivity index (χ3v) is 6.56. The number of primary amides is 1. The first-order chi connectivity index (χ1) is 18.8. The SMILES string of the molecule is NC(=O)OC[C@@H]1[C@H](NC(=O)/C(=N\OCC(=O)OCc2ccc([N+](=O)[O-])cc2)c2csc(N)n2)C(=O)N1S(=O)(=O)[O-].[Na+]. The molecule has 1 saturated heterocycles. The van der Waals surface area contributed by atoms with Gasteiger partial charge in [0, 0.05) is 17.5 Å². The Morgan fingerprint density at radius 2 is 1.88 bits per heavy atom. The number of nitrogens with one attached hydrogen (secondary N) is 1. The third-order valence-electron chi connectivity index (χ3n) is 4.96. The monoisotopic (exact) mass is 623 g/mol. The molecular formula is C19H18N7NaO12S2. The Labute approximate surface area is 256 Å². The summed E-state index contributed by atoms with van der Waals surface area (Å²) in [6, 6.07) is 1.94. The zero-order chi connectivity index (χ0) is 29.6. The topological polar surface area (TPSA) is 289 Å². The Bertz CT molecular complexity index is 1460. The zero-order valence-corrected chi connectivity index (χ0v) is 24.5. The van der Waals surface area contributed by atoms with Gasteiger partial charge in [0.15, 0.2) is 21.1 Å². The van der Waals surface area contributed by atoms with E-state index in [2.05, 4.69) is 20.2 Å². The average molecular weight is 624 g/mol. The molecule has 41 heavy (non-hydrogen) atoms. The molecule has 1 aromatic carbocycles. The Hall–Kier alpha value is -3.89. The Morgan fingerprint density at radius 1 is 1.22 bits per heavy atom. The maximum Gasteiger partial charge on any atom is 1.00 e. The van der Waals surface area contributed by atoms with Crippen LogP contribution in [0, 0.1) is 10.1 Å². The van der Waals surface area contributed by atoms with E-state index in [1.807, 2.05) is 0 Å². The summed E-state index contributed by atoms with van der Waals surface area (Å²) in [7, 11) is -5.32. The number of anilines is 1. The number of amides is 3. The second-order valence-corrected chi connectivity index (χ2v) is 9.75. The second kappa shape index (κ2) is 14.1. The van der Waals surface area contributed by atoms with E-state index in [-0.39, 0.29) is 57.0 Å². The molecular weight excluding hydrogens is 605 g/mol. The predicted molar refractivity (Wildman–Crippen MR) is 130 cm³/mol. The van der Waals surface area contributed by atoms with E-state index in [9.17, 15) is 42.3 Å². The molecule has 1 aliphatic rings. The average Bonchev–Trinajstić information content (AvgIpc) is 3.30. The van der Waals surface area contributed by atoms with Crippen molar-refractivity contribution in [3.8, 4) is 0 Å². The van der Waals surface area contributed by atoms with Crippen LogP contribution in [0.3, 0.4) is 0 Å². The van der Waals surface area contributed by atoms with Crippen molar-refractivity contribution in [1.82, 2.24) is 14.6 Å². The van der Waals surface area contributed by atoms with Gasteiger partial charge in [0.25, 0.3) is 17.5 Å². The van der Waals surface area contributed by atoms with E-state index in [1.165, 1.54) is 29.6 Å². The number of nitrogen functional groups attached to an aromatic ring is 1. The van der Waals surface area contributed by atoms with E-state index in [0.29, 0.717) is 5.56 Å². The normalized spacial score (nSPS) is 16.6. The van der Waals surface area contributed by atoms with Crippen molar-refractivity contribution in [1.29, 1.82) is 0 Å². The second-order valence-electron chi connectivity index (χ2n) is 7.61. The number of oxime groups is 1. The summed E-state index contributed by atoms with van der Waals surface area (Å²) in [4.78, 5) is 66.9. The van der Waals surface area contributed by atoms with Crippen molar-refractivity contribution >= 4 is 62.0 Å². The van der Waals surface area contributed by atoms with Gasteiger partial charge >= 0.3 is 41.6 Å². The van der Waals surface area contributed by atoms with Gasteiger partial charge in [-0.1, -0.05) is 5.16 Å². The number of nitrogens with zero attached hydrogens (tertiary/aromatic N) is 4. The molecule has 1 fully saturated rings. The fourth-order valence-corrected chi connectivity index (χ4v) is 4.56. The summed E-state index contributed by atoms with van der Waals surface area (Å²) >= 11 is 0.903. The Balaban J connectivity index is 0.00000588. The number of β-lactam (4-membered cyclic amide) rings is 1. The summed E-state index contributed by atoms with van der Waals surface area (Å²) in [5.74, 6) is -3.42. The fourth-order valence-electron chi connectivity index (χ4n) is 3.16. The number of carbonyl (C=O) groups is 4. The number of hydrogen-bond acceptors (Lipinski definition) is 16. The molecule has 0 spiro atoms. The molecule has 2 atom stereocenters. The fraction of sp³-hybridized carbons (Fsp3) is 0.263. The summed E-state index contributed by atoms with van der Waals surface area (Å²) in [6.45, 7) is -1.89. The van der Waals surface area contributed by atoms with Gasteiger partial charge in [-0.2, -0.15) is 0 Å². The van der Waals surface area contributed by atoms with Crippen molar-refractivity contribution < 1.29 is 80.9 Å². The van der Waals surface area contributed by atoms with Gasteiger partial charge in [-0.05, 0) is 17.7 Å². The van der Waals surface area contributed by atoms with E-state index in [4.69, 9.17) is 21.0 Å². The molecule has 0 radical (unpaired) electrons. The number of nitrogens with two attached hydrogens (primary N) is 2. The van der Waals surface area contributed by atoms with Gasteiger partial charge in [-0.15, -0.1) is 11.3 Å². The molecule has 0 unspecified atom stereocenters. The van der Waals surface area contributed by atoms with Crippen LogP contribution in [0.4, 0.5) is 15.6 Å². The molecule has 1 aliphatic heterocycles. The summed E-state index contributed by atoms with van der Waals surface area (Å²) in [5, 5.41) is 17.7. The number of non-ortho nitro benzene ring substituents is 1. The quantitative estimate of drug-likeness (QED) is 0.0381. The number of rotatable bonds is 12. The molecule has 19 nitrogen and oxygen atoms in total. The summed E-state index contributed by atoms with van der Waals surface area (Å²) in [6.07, 6.45) is -1.33. The molecule has 2 aromatic rings. The summed E-state index contributed by atoms with van der Waals surface area (Å²) < 4.78 is 43.5. The van der Waals surface area contributed by atoms with Crippen molar-refractivity contribution in [2.75, 3.05) is 18.9 Å². The van der Waals surface area contributed by atoms with Crippen LogP contribution in [0.25, 0.3) is 0 Å². The van der Waals surface area contributed by atoms with E-state index >= 15 is 0 Å². The Kier molecular flexibility index (Phi) is 11.5. The number of thiazole rings is 1. The molecule has 3 amide bonds. The smallest absolute Gasteiger partial charge is 0.731 e. The molecule has 22 heteroatoms.